The van der Waals surface area contributed by atoms with Crippen molar-refractivity contribution >= 4 is 34.2 Å². The summed E-state index contributed by atoms with van der Waals surface area (Å²) in [4.78, 5) is 24.8. The van der Waals surface area contributed by atoms with E-state index in [-0.39, 0.29) is 17.8 Å². The van der Waals surface area contributed by atoms with Crippen LogP contribution in [0.2, 0.25) is 0 Å². The molecule has 1 aliphatic heterocycles. The van der Waals surface area contributed by atoms with Crippen LogP contribution < -0.4 is 15.0 Å². The molecule has 1 aliphatic rings. The number of hydrogen-bond acceptors (Lipinski definition) is 6. The standard InChI is InChI=1S/C33H29FN4O2/c1-20-21(2)35-33(36-26-13-11-25(34)12-14-26)37-31(20)38-18-17-24-19-27(15-16-28(24)22(38)3)40-32(39)30-10-6-8-23-7-4-5-9-29(23)30/h4-16,19,22H,17-18H2,1-3H3,(H,35,36,37). The van der Waals surface area contributed by atoms with Crippen molar-refractivity contribution in [3.05, 3.63) is 119 Å². The zero-order chi connectivity index (χ0) is 27.8. The fourth-order valence-electron chi connectivity index (χ4n) is 5.34. The Morgan fingerprint density at radius 2 is 1.75 bits per heavy atom. The van der Waals surface area contributed by atoms with Crippen LogP contribution in [0.5, 0.6) is 5.75 Å². The lowest BCUT2D eigenvalue weighted by Crippen LogP contribution is -2.35. The van der Waals surface area contributed by atoms with Crippen molar-refractivity contribution in [3.8, 4) is 5.75 Å². The van der Waals surface area contributed by atoms with E-state index in [1.165, 1.54) is 17.7 Å². The van der Waals surface area contributed by atoms with E-state index >= 15 is 0 Å². The van der Waals surface area contributed by atoms with Crippen molar-refractivity contribution in [2.75, 3.05) is 16.8 Å². The first-order chi connectivity index (χ1) is 19.4. The SMILES string of the molecule is Cc1nc(Nc2ccc(F)cc2)nc(N2CCc3cc(OC(=O)c4cccc5ccccc45)ccc3C2C)c1C. The van der Waals surface area contributed by atoms with Gasteiger partial charge in [-0.3, -0.25) is 0 Å². The second-order valence-corrected chi connectivity index (χ2v) is 10.1. The second-order valence-electron chi connectivity index (χ2n) is 10.1. The molecule has 0 saturated carbocycles. The molecule has 1 atom stereocenters. The van der Waals surface area contributed by atoms with E-state index in [9.17, 15) is 9.18 Å². The van der Waals surface area contributed by atoms with E-state index in [0.717, 1.165) is 52.1 Å². The number of rotatable bonds is 5. The number of nitrogens with zero attached hydrogens (tertiary/aromatic N) is 3. The Labute approximate surface area is 232 Å². The number of nitrogens with one attached hydrogen (secondary N) is 1. The van der Waals surface area contributed by atoms with E-state index in [2.05, 4.69) is 22.1 Å². The molecule has 200 valence electrons. The molecule has 0 aliphatic carbocycles. The van der Waals surface area contributed by atoms with Crippen molar-refractivity contribution in [1.29, 1.82) is 0 Å². The van der Waals surface area contributed by atoms with Crippen LogP contribution >= 0.6 is 0 Å². The molecule has 6 nitrogen and oxygen atoms in total. The van der Waals surface area contributed by atoms with Gasteiger partial charge in [-0.15, -0.1) is 0 Å². The predicted molar refractivity (Wildman–Crippen MR) is 156 cm³/mol. The fraction of sp³-hybridized carbons (Fsp3) is 0.182. The molecule has 0 saturated heterocycles. The fourth-order valence-corrected chi connectivity index (χ4v) is 5.34. The third-order valence-electron chi connectivity index (χ3n) is 7.61. The van der Waals surface area contributed by atoms with Crippen molar-refractivity contribution in [3.63, 3.8) is 0 Å². The Morgan fingerprint density at radius 1 is 0.975 bits per heavy atom. The van der Waals surface area contributed by atoms with Gasteiger partial charge in [-0.25, -0.2) is 14.2 Å². The van der Waals surface area contributed by atoms with E-state index in [1.807, 2.05) is 68.4 Å². The Morgan fingerprint density at radius 3 is 2.58 bits per heavy atom. The first-order valence-electron chi connectivity index (χ1n) is 13.3. The van der Waals surface area contributed by atoms with Gasteiger partial charge in [-0.05, 0) is 91.6 Å². The quantitative estimate of drug-likeness (QED) is 0.187. The molecule has 40 heavy (non-hydrogen) atoms. The molecule has 1 unspecified atom stereocenters. The molecule has 0 radical (unpaired) electrons. The molecule has 1 N–H and O–H groups in total. The number of anilines is 3. The monoisotopic (exact) mass is 532 g/mol. The molecule has 0 spiro atoms. The van der Waals surface area contributed by atoms with Gasteiger partial charge in [0.05, 0.1) is 11.6 Å². The molecule has 5 aromatic rings. The third kappa shape index (κ3) is 4.86. The number of aromatic nitrogens is 2. The summed E-state index contributed by atoms with van der Waals surface area (Å²) < 4.78 is 19.2. The van der Waals surface area contributed by atoms with E-state index < -0.39 is 0 Å². The molecule has 0 fully saturated rings. The second kappa shape index (κ2) is 10.4. The highest BCUT2D eigenvalue weighted by molar-refractivity contribution is 6.05. The average Bonchev–Trinajstić information content (AvgIpc) is 2.96. The van der Waals surface area contributed by atoms with Gasteiger partial charge in [0.2, 0.25) is 5.95 Å². The van der Waals surface area contributed by atoms with Crippen LogP contribution in [0, 0.1) is 19.7 Å². The minimum atomic E-state index is -0.365. The number of halogens is 1. The predicted octanol–water partition coefficient (Wildman–Crippen LogP) is 7.47. The summed E-state index contributed by atoms with van der Waals surface area (Å²) in [5.41, 5.74) is 5.48. The summed E-state index contributed by atoms with van der Waals surface area (Å²) in [7, 11) is 0. The smallest absolute Gasteiger partial charge is 0.344 e. The molecule has 0 amide bonds. The van der Waals surface area contributed by atoms with Gasteiger partial charge >= 0.3 is 5.97 Å². The van der Waals surface area contributed by atoms with Crippen molar-refractivity contribution in [1.82, 2.24) is 9.97 Å². The zero-order valence-corrected chi connectivity index (χ0v) is 22.6. The van der Waals surface area contributed by atoms with Crippen LogP contribution in [0.15, 0.2) is 84.9 Å². The molecule has 2 heterocycles. The maximum atomic E-state index is 13.3. The minimum absolute atomic E-state index is 0.0539. The number of hydrogen-bond donors (Lipinski definition) is 1. The van der Waals surface area contributed by atoms with Gasteiger partial charge in [-0.2, -0.15) is 4.98 Å². The highest BCUT2D eigenvalue weighted by Crippen LogP contribution is 2.37. The van der Waals surface area contributed by atoms with Gasteiger partial charge in [-0.1, -0.05) is 42.5 Å². The highest BCUT2D eigenvalue weighted by Gasteiger charge is 2.28. The topological polar surface area (TPSA) is 67.3 Å². The lowest BCUT2D eigenvalue weighted by atomic mass is 9.93. The average molecular weight is 533 g/mol. The summed E-state index contributed by atoms with van der Waals surface area (Å²) in [6.07, 6.45) is 0.780. The number of carbonyl (C=O) groups excluding carboxylic acids is 1. The molecule has 0 bridgehead atoms. The Hall–Kier alpha value is -4.78. The van der Waals surface area contributed by atoms with Crippen LogP contribution in [0.4, 0.5) is 21.8 Å². The normalized spacial score (nSPS) is 14.6. The van der Waals surface area contributed by atoms with Gasteiger partial charge in [0.15, 0.2) is 0 Å². The summed E-state index contributed by atoms with van der Waals surface area (Å²) >= 11 is 0. The van der Waals surface area contributed by atoms with Crippen molar-refractivity contribution < 1.29 is 13.9 Å². The molecule has 6 rings (SSSR count). The van der Waals surface area contributed by atoms with E-state index in [0.29, 0.717) is 17.3 Å². The number of carbonyl (C=O) groups is 1. The van der Waals surface area contributed by atoms with Gasteiger partial charge < -0.3 is 15.0 Å². The lowest BCUT2D eigenvalue weighted by Gasteiger charge is -2.37. The van der Waals surface area contributed by atoms with Crippen molar-refractivity contribution in [2.24, 2.45) is 0 Å². The largest absolute Gasteiger partial charge is 0.423 e. The molecule has 7 heteroatoms. The number of esters is 1. The van der Waals surface area contributed by atoms with Crippen LogP contribution in [-0.2, 0) is 6.42 Å². The maximum absolute atomic E-state index is 13.3. The van der Waals surface area contributed by atoms with Gasteiger partial charge in [0.1, 0.15) is 17.4 Å². The number of benzene rings is 4. The first kappa shape index (κ1) is 25.5. The number of ether oxygens (including phenoxy) is 1. The number of fused-ring (bicyclic) bond motifs is 2. The van der Waals surface area contributed by atoms with E-state index in [4.69, 9.17) is 9.72 Å². The summed E-state index contributed by atoms with van der Waals surface area (Å²) in [6.45, 7) is 6.91. The van der Waals surface area contributed by atoms with Crippen LogP contribution in [0.3, 0.4) is 0 Å². The van der Waals surface area contributed by atoms with Gasteiger partial charge in [0, 0.05) is 23.5 Å². The third-order valence-corrected chi connectivity index (χ3v) is 7.61. The number of aryl methyl sites for hydroxylation is 1. The molecule has 1 aromatic heterocycles. The van der Waals surface area contributed by atoms with Crippen molar-refractivity contribution in [2.45, 2.75) is 33.2 Å². The summed E-state index contributed by atoms with van der Waals surface area (Å²) in [6, 6.07) is 25.5. The Kier molecular flexibility index (Phi) is 6.64. The minimum Gasteiger partial charge on any atom is -0.423 e. The van der Waals surface area contributed by atoms with E-state index in [1.54, 1.807) is 18.2 Å². The highest BCUT2D eigenvalue weighted by atomic mass is 19.1. The van der Waals surface area contributed by atoms with Crippen LogP contribution in [-0.4, -0.2) is 22.5 Å². The van der Waals surface area contributed by atoms with Gasteiger partial charge in [0.25, 0.3) is 0 Å². The first-order valence-corrected chi connectivity index (χ1v) is 13.3. The zero-order valence-electron chi connectivity index (χ0n) is 22.6. The summed E-state index contributed by atoms with van der Waals surface area (Å²) in [5.74, 6) is 1.22. The summed E-state index contributed by atoms with van der Waals surface area (Å²) in [5, 5.41) is 5.08. The molecular weight excluding hydrogens is 503 g/mol. The Bertz CT molecular complexity index is 1730. The van der Waals surface area contributed by atoms with Crippen LogP contribution in [0.25, 0.3) is 10.8 Å². The molecule has 4 aromatic carbocycles. The van der Waals surface area contributed by atoms with Crippen LogP contribution in [0.1, 0.15) is 45.7 Å². The Balaban J connectivity index is 1.24. The molecular formula is C33H29FN4O2. The lowest BCUT2D eigenvalue weighted by molar-refractivity contribution is 0.0736. The maximum Gasteiger partial charge on any atom is 0.344 e.